The number of hydrogen-bond acceptors (Lipinski definition) is 3. The number of aryl methyl sites for hydroxylation is 2. The summed E-state index contributed by atoms with van der Waals surface area (Å²) in [6.07, 6.45) is 0. The summed E-state index contributed by atoms with van der Waals surface area (Å²) in [5.41, 5.74) is 8.78. The summed E-state index contributed by atoms with van der Waals surface area (Å²) in [4.78, 5) is 7.11. The largest absolute Gasteiger partial charge is 0.389 e. The average molecular weight is 251 g/mol. The number of anilines is 1. The molecule has 0 saturated carbocycles. The molecule has 0 atom stereocenters. The van der Waals surface area contributed by atoms with Crippen molar-refractivity contribution in [3.63, 3.8) is 0 Å². The average Bonchev–Trinajstić information content (AvgIpc) is 2.14. The fourth-order valence-corrected chi connectivity index (χ4v) is 2.28. The van der Waals surface area contributed by atoms with Crippen molar-refractivity contribution in [2.45, 2.75) is 27.7 Å². The molecule has 0 fully saturated rings. The van der Waals surface area contributed by atoms with Gasteiger partial charge >= 0.3 is 0 Å². The van der Waals surface area contributed by atoms with Gasteiger partial charge in [0.1, 0.15) is 10.8 Å². The minimum atomic E-state index is 0.417. The first kappa shape index (κ1) is 13.9. The Morgan fingerprint density at radius 2 is 2.06 bits per heavy atom. The molecule has 0 radical (unpaired) electrons. The molecule has 94 valence electrons. The van der Waals surface area contributed by atoms with Crippen LogP contribution >= 0.6 is 12.2 Å². The van der Waals surface area contributed by atoms with Gasteiger partial charge in [-0.1, -0.05) is 26.1 Å². The van der Waals surface area contributed by atoms with E-state index in [9.17, 15) is 0 Å². The molecular weight excluding hydrogens is 230 g/mol. The Balaban J connectivity index is 3.25. The molecule has 0 aliphatic heterocycles. The van der Waals surface area contributed by atoms with Gasteiger partial charge in [0.15, 0.2) is 0 Å². The Morgan fingerprint density at radius 1 is 1.47 bits per heavy atom. The molecule has 1 aromatic rings. The highest BCUT2D eigenvalue weighted by atomic mass is 32.1. The van der Waals surface area contributed by atoms with Crippen molar-refractivity contribution < 1.29 is 0 Å². The lowest BCUT2D eigenvalue weighted by Crippen LogP contribution is -2.27. The summed E-state index contributed by atoms with van der Waals surface area (Å²) >= 11 is 5.12. The van der Waals surface area contributed by atoms with Crippen LogP contribution in [0, 0.1) is 19.8 Å². The van der Waals surface area contributed by atoms with Crippen LogP contribution in [-0.4, -0.2) is 23.6 Å². The fraction of sp³-hybridized carbons (Fsp3) is 0.538. The second kappa shape index (κ2) is 5.45. The van der Waals surface area contributed by atoms with Crippen molar-refractivity contribution in [3.05, 3.63) is 22.9 Å². The van der Waals surface area contributed by atoms with Crippen LogP contribution in [0.25, 0.3) is 0 Å². The van der Waals surface area contributed by atoms with Crippen LogP contribution in [0.4, 0.5) is 5.82 Å². The summed E-state index contributed by atoms with van der Waals surface area (Å²) in [5.74, 6) is 1.46. The van der Waals surface area contributed by atoms with Crippen LogP contribution in [-0.2, 0) is 0 Å². The van der Waals surface area contributed by atoms with Crippen LogP contribution in [0.15, 0.2) is 6.07 Å². The van der Waals surface area contributed by atoms with Crippen LogP contribution in [0.5, 0.6) is 0 Å². The van der Waals surface area contributed by atoms with Gasteiger partial charge in [0.05, 0.1) is 5.56 Å². The highest BCUT2D eigenvalue weighted by molar-refractivity contribution is 7.80. The van der Waals surface area contributed by atoms with Gasteiger partial charge in [0, 0.05) is 19.3 Å². The molecule has 0 bridgehead atoms. The fourth-order valence-electron chi connectivity index (χ4n) is 2.03. The summed E-state index contributed by atoms with van der Waals surface area (Å²) in [6, 6.07) is 2.02. The van der Waals surface area contributed by atoms with Crippen molar-refractivity contribution in [3.8, 4) is 0 Å². The maximum atomic E-state index is 5.80. The van der Waals surface area contributed by atoms with E-state index in [1.54, 1.807) is 0 Å². The van der Waals surface area contributed by atoms with Gasteiger partial charge in [-0.2, -0.15) is 0 Å². The van der Waals surface area contributed by atoms with E-state index in [0.29, 0.717) is 10.9 Å². The Hall–Kier alpha value is -1.16. The lowest BCUT2D eigenvalue weighted by Gasteiger charge is -2.24. The Labute approximate surface area is 109 Å². The van der Waals surface area contributed by atoms with Gasteiger partial charge in [0.2, 0.25) is 0 Å². The van der Waals surface area contributed by atoms with Crippen molar-refractivity contribution in [1.29, 1.82) is 0 Å². The number of thiocarbonyl (C=S) groups is 1. The molecule has 0 saturated heterocycles. The first-order valence-electron chi connectivity index (χ1n) is 5.82. The molecule has 1 aromatic heterocycles. The molecule has 0 aliphatic carbocycles. The maximum Gasteiger partial charge on any atom is 0.139 e. The minimum Gasteiger partial charge on any atom is -0.389 e. The number of pyridine rings is 1. The summed E-state index contributed by atoms with van der Waals surface area (Å²) in [5, 5.41) is 0. The molecule has 4 heteroatoms. The Kier molecular flexibility index (Phi) is 4.46. The highest BCUT2D eigenvalue weighted by Crippen LogP contribution is 2.22. The summed E-state index contributed by atoms with van der Waals surface area (Å²) in [7, 11) is 2.03. The van der Waals surface area contributed by atoms with Gasteiger partial charge in [-0.25, -0.2) is 4.98 Å². The first-order valence-corrected chi connectivity index (χ1v) is 6.23. The molecular formula is C13H21N3S. The zero-order valence-corrected chi connectivity index (χ0v) is 12.1. The van der Waals surface area contributed by atoms with Gasteiger partial charge in [-0.3, -0.25) is 0 Å². The standard InChI is InChI=1S/C13H21N3S/c1-8(2)7-16(5)13-11(12(14)17)9(3)6-10(4)15-13/h6,8H,7H2,1-5H3,(H2,14,17). The lowest BCUT2D eigenvalue weighted by molar-refractivity contribution is 0.634. The van der Waals surface area contributed by atoms with Crippen LogP contribution in [0.2, 0.25) is 0 Å². The predicted octanol–water partition coefficient (Wildman–Crippen LogP) is 2.42. The zero-order chi connectivity index (χ0) is 13.2. The molecule has 2 N–H and O–H groups in total. The molecule has 1 heterocycles. The lowest BCUT2D eigenvalue weighted by atomic mass is 10.1. The summed E-state index contributed by atoms with van der Waals surface area (Å²) in [6.45, 7) is 9.31. The van der Waals surface area contributed by atoms with E-state index in [4.69, 9.17) is 18.0 Å². The molecule has 17 heavy (non-hydrogen) atoms. The third kappa shape index (κ3) is 3.40. The molecule has 0 aromatic carbocycles. The van der Waals surface area contributed by atoms with E-state index in [2.05, 4.69) is 23.7 Å². The number of nitrogens with two attached hydrogens (primary N) is 1. The van der Waals surface area contributed by atoms with E-state index in [1.807, 2.05) is 27.0 Å². The number of hydrogen-bond donors (Lipinski definition) is 1. The van der Waals surface area contributed by atoms with Crippen LogP contribution in [0.1, 0.15) is 30.7 Å². The summed E-state index contributed by atoms with van der Waals surface area (Å²) < 4.78 is 0. The first-order chi connectivity index (χ1) is 7.82. The van der Waals surface area contributed by atoms with Crippen LogP contribution < -0.4 is 10.6 Å². The smallest absolute Gasteiger partial charge is 0.139 e. The quantitative estimate of drug-likeness (QED) is 0.835. The van der Waals surface area contributed by atoms with Crippen molar-refractivity contribution in [2.24, 2.45) is 11.7 Å². The molecule has 0 unspecified atom stereocenters. The van der Waals surface area contributed by atoms with E-state index >= 15 is 0 Å². The zero-order valence-electron chi connectivity index (χ0n) is 11.2. The van der Waals surface area contributed by atoms with Crippen molar-refractivity contribution in [1.82, 2.24) is 4.98 Å². The third-order valence-corrected chi connectivity index (χ3v) is 2.78. The van der Waals surface area contributed by atoms with E-state index < -0.39 is 0 Å². The van der Waals surface area contributed by atoms with E-state index in [0.717, 1.165) is 29.2 Å². The molecule has 1 rings (SSSR count). The van der Waals surface area contributed by atoms with Crippen LogP contribution in [0.3, 0.4) is 0 Å². The molecule has 0 spiro atoms. The van der Waals surface area contributed by atoms with Crippen molar-refractivity contribution >= 4 is 23.0 Å². The topological polar surface area (TPSA) is 42.1 Å². The normalized spacial score (nSPS) is 10.7. The van der Waals surface area contributed by atoms with Gasteiger partial charge in [-0.15, -0.1) is 0 Å². The Morgan fingerprint density at radius 3 is 2.53 bits per heavy atom. The number of rotatable bonds is 4. The molecule has 0 amide bonds. The Bertz CT molecular complexity index is 427. The predicted molar refractivity (Wildman–Crippen MR) is 77.7 cm³/mol. The van der Waals surface area contributed by atoms with E-state index in [-0.39, 0.29) is 0 Å². The second-order valence-corrected chi connectivity index (χ2v) is 5.36. The molecule has 3 nitrogen and oxygen atoms in total. The van der Waals surface area contributed by atoms with Gasteiger partial charge < -0.3 is 10.6 Å². The minimum absolute atomic E-state index is 0.417. The maximum absolute atomic E-state index is 5.80. The van der Waals surface area contributed by atoms with Gasteiger partial charge in [-0.05, 0) is 31.4 Å². The molecule has 0 aliphatic rings. The third-order valence-electron chi connectivity index (χ3n) is 2.57. The van der Waals surface area contributed by atoms with Gasteiger partial charge in [0.25, 0.3) is 0 Å². The number of aromatic nitrogens is 1. The highest BCUT2D eigenvalue weighted by Gasteiger charge is 2.15. The second-order valence-electron chi connectivity index (χ2n) is 4.92. The van der Waals surface area contributed by atoms with Crippen molar-refractivity contribution in [2.75, 3.05) is 18.5 Å². The van der Waals surface area contributed by atoms with E-state index in [1.165, 1.54) is 0 Å². The number of nitrogens with zero attached hydrogens (tertiary/aromatic N) is 2. The SMILES string of the molecule is Cc1cc(C)c(C(N)=S)c(N(C)CC(C)C)n1. The monoisotopic (exact) mass is 251 g/mol.